The van der Waals surface area contributed by atoms with Crippen molar-refractivity contribution in [3.63, 3.8) is 0 Å². The zero-order chi connectivity index (χ0) is 19.6. The van der Waals surface area contributed by atoms with Gasteiger partial charge >= 0.3 is 0 Å². The normalized spacial score (nSPS) is 30.0. The topological polar surface area (TPSA) is 80.9 Å². The van der Waals surface area contributed by atoms with Crippen LogP contribution in [-0.2, 0) is 4.79 Å². The molecule has 3 aromatic heterocycles. The Hall–Kier alpha value is -2.06. The van der Waals surface area contributed by atoms with Crippen LogP contribution >= 0.6 is 22.7 Å². The number of hydrogen-bond acceptors (Lipinski definition) is 7. The third kappa shape index (κ3) is 2.95. The summed E-state index contributed by atoms with van der Waals surface area (Å²) in [5, 5.41) is 9.85. The predicted molar refractivity (Wildman–Crippen MR) is 113 cm³/mol. The van der Waals surface area contributed by atoms with Crippen LogP contribution in [0, 0.1) is 30.1 Å². The van der Waals surface area contributed by atoms with Crippen LogP contribution < -0.4 is 5.32 Å². The molecule has 6 nitrogen and oxygen atoms in total. The molecule has 0 spiro atoms. The monoisotopic (exact) mass is 426 g/mol. The number of aromatic nitrogens is 3. The van der Waals surface area contributed by atoms with E-state index in [1.54, 1.807) is 11.3 Å². The molecule has 4 fully saturated rings. The Kier molecular flexibility index (Phi) is 3.96. The fourth-order valence-electron chi connectivity index (χ4n) is 6.09. The van der Waals surface area contributed by atoms with Gasteiger partial charge in [0.15, 0.2) is 5.13 Å². The van der Waals surface area contributed by atoms with E-state index in [-0.39, 0.29) is 11.3 Å². The molecule has 7 rings (SSSR count). The molecule has 0 aliphatic heterocycles. The molecule has 4 bridgehead atoms. The zero-order valence-corrected chi connectivity index (χ0v) is 17.8. The van der Waals surface area contributed by atoms with Gasteiger partial charge in [0.05, 0.1) is 16.0 Å². The first-order chi connectivity index (χ1) is 14.1. The lowest BCUT2D eigenvalue weighted by atomic mass is 9.49. The Morgan fingerprint density at radius 3 is 2.55 bits per heavy atom. The summed E-state index contributed by atoms with van der Waals surface area (Å²) in [6.07, 6.45) is 7.14. The summed E-state index contributed by atoms with van der Waals surface area (Å²) in [6, 6.07) is 3.93. The molecule has 0 atom stereocenters. The van der Waals surface area contributed by atoms with Gasteiger partial charge < -0.3 is 9.84 Å². The van der Waals surface area contributed by atoms with Gasteiger partial charge in [-0.1, -0.05) is 22.6 Å². The van der Waals surface area contributed by atoms with Crippen molar-refractivity contribution in [2.75, 3.05) is 5.32 Å². The molecule has 29 heavy (non-hydrogen) atoms. The van der Waals surface area contributed by atoms with Crippen molar-refractivity contribution < 1.29 is 9.32 Å². The Labute approximate surface area is 176 Å². The first-order valence-corrected chi connectivity index (χ1v) is 11.9. The average molecular weight is 427 g/mol. The van der Waals surface area contributed by atoms with Crippen LogP contribution in [0.3, 0.4) is 0 Å². The number of thiophene rings is 1. The van der Waals surface area contributed by atoms with E-state index in [0.717, 1.165) is 52.5 Å². The van der Waals surface area contributed by atoms with Gasteiger partial charge in [-0.05, 0) is 74.6 Å². The van der Waals surface area contributed by atoms with Crippen LogP contribution in [0.5, 0.6) is 0 Å². The maximum Gasteiger partial charge on any atom is 0.270 e. The molecule has 150 valence electrons. The summed E-state index contributed by atoms with van der Waals surface area (Å²) in [7, 11) is 0. The van der Waals surface area contributed by atoms with E-state index in [2.05, 4.69) is 20.4 Å². The molecule has 3 aromatic rings. The molecule has 0 radical (unpaired) electrons. The Morgan fingerprint density at radius 1 is 1.17 bits per heavy atom. The van der Waals surface area contributed by atoms with Gasteiger partial charge in [0.25, 0.3) is 5.89 Å². The van der Waals surface area contributed by atoms with Gasteiger partial charge in [-0.15, -0.1) is 11.3 Å². The first-order valence-electron chi connectivity index (χ1n) is 10.2. The second-order valence-corrected chi connectivity index (χ2v) is 10.9. The second kappa shape index (κ2) is 6.47. The maximum absolute atomic E-state index is 13.3. The first kappa shape index (κ1) is 17.8. The standard InChI is InChI=1S/C21H22N4O2S2/c1-11-16(18-23-17(25-27-18)15-3-2-4-28-15)29-20(22-11)24-19(26)21-8-12-5-13(9-21)7-14(6-12)10-21/h2-4,12-14H,5-10H2,1H3,(H,22,24,26). The summed E-state index contributed by atoms with van der Waals surface area (Å²) < 4.78 is 5.48. The lowest BCUT2D eigenvalue weighted by Gasteiger charge is -2.55. The molecule has 3 heterocycles. The van der Waals surface area contributed by atoms with Gasteiger partial charge in [0.2, 0.25) is 11.7 Å². The number of nitrogens with one attached hydrogen (secondary N) is 1. The van der Waals surface area contributed by atoms with E-state index in [9.17, 15) is 4.79 Å². The Balaban J connectivity index is 1.23. The van der Waals surface area contributed by atoms with Gasteiger partial charge in [0.1, 0.15) is 4.88 Å². The molecule has 4 saturated carbocycles. The minimum atomic E-state index is -0.175. The number of hydrogen-bond donors (Lipinski definition) is 1. The molecule has 4 aliphatic carbocycles. The van der Waals surface area contributed by atoms with Crippen LogP contribution in [0.4, 0.5) is 5.13 Å². The van der Waals surface area contributed by atoms with E-state index < -0.39 is 0 Å². The van der Waals surface area contributed by atoms with E-state index in [4.69, 9.17) is 4.52 Å². The van der Waals surface area contributed by atoms with Crippen molar-refractivity contribution >= 4 is 33.7 Å². The third-order valence-electron chi connectivity index (χ3n) is 6.90. The summed E-state index contributed by atoms with van der Waals surface area (Å²) in [6.45, 7) is 1.92. The molecular weight excluding hydrogens is 404 g/mol. The van der Waals surface area contributed by atoms with Crippen molar-refractivity contribution in [1.29, 1.82) is 0 Å². The quantitative estimate of drug-likeness (QED) is 0.605. The molecule has 1 N–H and O–H groups in total. The number of carbonyl (C=O) groups is 1. The molecule has 1 amide bonds. The number of amides is 1. The van der Waals surface area contributed by atoms with Crippen LogP contribution in [0.2, 0.25) is 0 Å². The molecule has 0 unspecified atom stereocenters. The van der Waals surface area contributed by atoms with Gasteiger partial charge in [-0.25, -0.2) is 4.98 Å². The lowest BCUT2D eigenvalue weighted by molar-refractivity contribution is -0.140. The lowest BCUT2D eigenvalue weighted by Crippen LogP contribution is -2.51. The van der Waals surface area contributed by atoms with E-state index in [0.29, 0.717) is 16.8 Å². The van der Waals surface area contributed by atoms with Crippen LogP contribution in [0.1, 0.15) is 44.2 Å². The van der Waals surface area contributed by atoms with Crippen molar-refractivity contribution in [2.24, 2.45) is 23.2 Å². The van der Waals surface area contributed by atoms with E-state index in [1.807, 2.05) is 24.4 Å². The van der Waals surface area contributed by atoms with E-state index in [1.165, 1.54) is 30.6 Å². The average Bonchev–Trinajstić information content (AvgIpc) is 3.40. The van der Waals surface area contributed by atoms with Crippen molar-refractivity contribution in [3.05, 3.63) is 23.2 Å². The molecule has 0 aromatic carbocycles. The highest BCUT2D eigenvalue weighted by Gasteiger charge is 2.54. The summed E-state index contributed by atoms with van der Waals surface area (Å²) in [5.74, 6) is 3.45. The number of aryl methyl sites for hydroxylation is 1. The zero-order valence-electron chi connectivity index (χ0n) is 16.2. The number of nitrogens with zero attached hydrogens (tertiary/aromatic N) is 3. The number of thiazole rings is 1. The smallest absolute Gasteiger partial charge is 0.270 e. The van der Waals surface area contributed by atoms with Crippen molar-refractivity contribution in [2.45, 2.75) is 45.4 Å². The minimum Gasteiger partial charge on any atom is -0.333 e. The molecule has 8 heteroatoms. The SMILES string of the molecule is Cc1nc(NC(=O)C23CC4CC(CC(C4)C2)C3)sc1-c1nc(-c2cccs2)no1. The summed E-state index contributed by atoms with van der Waals surface area (Å²) in [4.78, 5) is 24.2. The second-order valence-electron chi connectivity index (χ2n) is 8.99. The minimum absolute atomic E-state index is 0.168. The highest BCUT2D eigenvalue weighted by Crippen LogP contribution is 2.60. The predicted octanol–water partition coefficient (Wildman–Crippen LogP) is 5.38. The van der Waals surface area contributed by atoms with Crippen molar-refractivity contribution in [3.8, 4) is 21.5 Å². The summed E-state index contributed by atoms with van der Waals surface area (Å²) >= 11 is 2.99. The maximum atomic E-state index is 13.3. The third-order valence-corrected chi connectivity index (χ3v) is 8.83. The number of carbonyl (C=O) groups excluding carboxylic acids is 1. The highest BCUT2D eigenvalue weighted by atomic mass is 32.1. The van der Waals surface area contributed by atoms with Gasteiger partial charge in [0, 0.05) is 0 Å². The summed E-state index contributed by atoms with van der Waals surface area (Å²) in [5.41, 5.74) is 0.628. The van der Waals surface area contributed by atoms with Crippen molar-refractivity contribution in [1.82, 2.24) is 15.1 Å². The Morgan fingerprint density at radius 2 is 1.90 bits per heavy atom. The van der Waals surface area contributed by atoms with Gasteiger partial charge in [-0.2, -0.15) is 4.98 Å². The van der Waals surface area contributed by atoms with Crippen LogP contribution in [0.15, 0.2) is 22.0 Å². The molecule has 4 aliphatic rings. The highest BCUT2D eigenvalue weighted by molar-refractivity contribution is 7.19. The molecule has 0 saturated heterocycles. The molecular formula is C21H22N4O2S2. The fourth-order valence-corrected chi connectivity index (χ4v) is 7.62. The van der Waals surface area contributed by atoms with Crippen LogP contribution in [-0.4, -0.2) is 21.0 Å². The van der Waals surface area contributed by atoms with E-state index >= 15 is 0 Å². The Bertz CT molecular complexity index is 1030. The van der Waals surface area contributed by atoms with Crippen LogP contribution in [0.25, 0.3) is 21.5 Å². The largest absolute Gasteiger partial charge is 0.333 e. The number of rotatable bonds is 4. The fraction of sp³-hybridized carbons (Fsp3) is 0.524. The number of anilines is 1. The van der Waals surface area contributed by atoms with Gasteiger partial charge in [-0.3, -0.25) is 4.79 Å².